The molecule has 5 heteroatoms. The lowest BCUT2D eigenvalue weighted by molar-refractivity contribution is 0.918. The summed E-state index contributed by atoms with van der Waals surface area (Å²) in [5.74, 6) is 0.513. The molecule has 92 valence electrons. The number of rotatable bonds is 1. The Morgan fingerprint density at radius 1 is 1.33 bits per heavy atom. The normalized spacial score (nSPS) is 11.3. The molecule has 0 fully saturated rings. The number of nitrogen functional groups attached to an aromatic ring is 1. The fourth-order valence-electron chi connectivity index (χ4n) is 2.34. The zero-order chi connectivity index (χ0) is 12.9. The summed E-state index contributed by atoms with van der Waals surface area (Å²) in [6.07, 6.45) is 0. The first-order valence-corrected chi connectivity index (χ1v) is 6.43. The summed E-state index contributed by atoms with van der Waals surface area (Å²) in [5, 5.41) is 8.18. The van der Waals surface area contributed by atoms with Crippen LogP contribution in [0.5, 0.6) is 0 Å². The summed E-state index contributed by atoms with van der Waals surface area (Å²) in [4.78, 5) is 0. The Kier molecular flexibility index (Phi) is 2.45. The van der Waals surface area contributed by atoms with E-state index in [2.05, 4.69) is 56.8 Å². The quantitative estimate of drug-likeness (QED) is 0.725. The first-order valence-electron chi connectivity index (χ1n) is 5.63. The number of hydrogen-bond acceptors (Lipinski definition) is 2. The van der Waals surface area contributed by atoms with Gasteiger partial charge >= 0.3 is 0 Å². The molecule has 0 aliphatic rings. The molecule has 0 saturated heterocycles. The number of H-pyrrole nitrogens is 1. The maximum atomic E-state index is 5.68. The average molecular weight is 305 g/mol. The Bertz CT molecular complexity index is 739. The third kappa shape index (κ3) is 1.54. The van der Waals surface area contributed by atoms with Gasteiger partial charge in [0.15, 0.2) is 0 Å². The van der Waals surface area contributed by atoms with Crippen molar-refractivity contribution < 1.29 is 0 Å². The molecule has 3 rings (SSSR count). The van der Waals surface area contributed by atoms with Gasteiger partial charge in [0, 0.05) is 39.7 Å². The minimum Gasteiger partial charge on any atom is -0.382 e. The Morgan fingerprint density at radius 2 is 2.11 bits per heavy atom. The van der Waals surface area contributed by atoms with Crippen LogP contribution in [0.15, 0.2) is 28.7 Å². The number of nitrogens with one attached hydrogen (secondary N) is 1. The molecule has 1 aromatic carbocycles. The third-order valence-corrected chi connectivity index (χ3v) is 3.82. The molecule has 0 saturated carbocycles. The van der Waals surface area contributed by atoms with Gasteiger partial charge in [-0.05, 0) is 19.1 Å². The number of nitrogens with two attached hydrogens (primary N) is 1. The van der Waals surface area contributed by atoms with Crippen LogP contribution in [0.3, 0.4) is 0 Å². The Balaban J connectivity index is 2.39. The zero-order valence-corrected chi connectivity index (χ0v) is 11.7. The Morgan fingerprint density at radius 3 is 2.78 bits per heavy atom. The van der Waals surface area contributed by atoms with Gasteiger partial charge in [0.25, 0.3) is 0 Å². The molecule has 0 bridgehead atoms. The van der Waals surface area contributed by atoms with Crippen molar-refractivity contribution in [2.45, 2.75) is 6.92 Å². The van der Waals surface area contributed by atoms with E-state index in [-0.39, 0.29) is 0 Å². The lowest BCUT2D eigenvalue weighted by atomic mass is 10.1. The predicted molar refractivity (Wildman–Crippen MR) is 77.4 cm³/mol. The van der Waals surface area contributed by atoms with E-state index < -0.39 is 0 Å². The zero-order valence-electron chi connectivity index (χ0n) is 10.2. The molecule has 0 spiro atoms. The highest BCUT2D eigenvalue weighted by molar-refractivity contribution is 9.10. The monoisotopic (exact) mass is 304 g/mol. The van der Waals surface area contributed by atoms with E-state index in [1.165, 1.54) is 16.6 Å². The lowest BCUT2D eigenvalue weighted by Crippen LogP contribution is -1.90. The fraction of sp³-hybridized carbons (Fsp3) is 0.154. The largest absolute Gasteiger partial charge is 0.382 e. The van der Waals surface area contributed by atoms with Crippen LogP contribution in [0.1, 0.15) is 5.69 Å². The minimum absolute atomic E-state index is 0.513. The molecule has 0 aliphatic carbocycles. The van der Waals surface area contributed by atoms with Crippen LogP contribution >= 0.6 is 15.9 Å². The maximum Gasteiger partial charge on any atom is 0.145 e. The predicted octanol–water partition coefficient (Wildman–Crippen LogP) is 3.22. The molecule has 0 aliphatic heterocycles. The summed E-state index contributed by atoms with van der Waals surface area (Å²) in [7, 11) is 2.06. The maximum absolute atomic E-state index is 5.68. The molecule has 0 unspecified atom stereocenters. The number of nitrogens with zero attached hydrogens (tertiary/aromatic N) is 2. The number of halogens is 1. The number of benzene rings is 1. The Labute approximate surface area is 113 Å². The number of aryl methyl sites for hydroxylation is 1. The highest BCUT2D eigenvalue weighted by Crippen LogP contribution is 2.34. The lowest BCUT2D eigenvalue weighted by Gasteiger charge is -1.99. The van der Waals surface area contributed by atoms with Crippen molar-refractivity contribution in [2.24, 2.45) is 7.05 Å². The molecule has 18 heavy (non-hydrogen) atoms. The van der Waals surface area contributed by atoms with E-state index in [0.717, 1.165) is 15.7 Å². The van der Waals surface area contributed by atoms with Gasteiger partial charge in [0.1, 0.15) is 5.82 Å². The van der Waals surface area contributed by atoms with E-state index in [9.17, 15) is 0 Å². The second-order valence-corrected chi connectivity index (χ2v) is 5.30. The number of aromatic amines is 1. The van der Waals surface area contributed by atoms with E-state index in [4.69, 9.17) is 5.73 Å². The SMILES string of the molecule is Cc1c(-c2cc(N)n[nH]2)c2ccc(Br)cc2n1C. The van der Waals surface area contributed by atoms with E-state index >= 15 is 0 Å². The van der Waals surface area contributed by atoms with Gasteiger partial charge in [0.2, 0.25) is 0 Å². The first kappa shape index (κ1) is 11.3. The molecule has 0 amide bonds. The second kappa shape index (κ2) is 3.88. The van der Waals surface area contributed by atoms with Crippen molar-refractivity contribution in [3.63, 3.8) is 0 Å². The molecule has 0 radical (unpaired) electrons. The van der Waals surface area contributed by atoms with Crippen LogP contribution in [-0.4, -0.2) is 14.8 Å². The first-order chi connectivity index (χ1) is 8.58. The van der Waals surface area contributed by atoms with Crippen LogP contribution in [0.4, 0.5) is 5.82 Å². The topological polar surface area (TPSA) is 59.6 Å². The van der Waals surface area contributed by atoms with Gasteiger partial charge in [-0.2, -0.15) is 5.10 Å². The summed E-state index contributed by atoms with van der Waals surface area (Å²) >= 11 is 3.51. The van der Waals surface area contributed by atoms with E-state index in [1.54, 1.807) is 0 Å². The second-order valence-electron chi connectivity index (χ2n) is 4.39. The fourth-order valence-corrected chi connectivity index (χ4v) is 2.69. The van der Waals surface area contributed by atoms with Crippen molar-refractivity contribution in [2.75, 3.05) is 5.73 Å². The van der Waals surface area contributed by atoms with Crippen molar-refractivity contribution in [3.8, 4) is 11.3 Å². The van der Waals surface area contributed by atoms with Gasteiger partial charge in [-0.1, -0.05) is 22.0 Å². The summed E-state index contributed by atoms with van der Waals surface area (Å²) < 4.78 is 3.25. The molecule has 3 aromatic rings. The summed E-state index contributed by atoms with van der Waals surface area (Å²) in [6.45, 7) is 2.10. The Hall–Kier alpha value is -1.75. The standard InChI is InChI=1S/C13H13BrN4/c1-7-13(10-6-12(15)17-16-10)9-4-3-8(14)5-11(9)18(7)2/h3-6H,1-2H3,(H3,15,16,17). The molecule has 0 atom stereocenters. The van der Waals surface area contributed by atoms with Crippen LogP contribution in [0, 0.1) is 6.92 Å². The number of hydrogen-bond donors (Lipinski definition) is 2. The summed E-state index contributed by atoms with van der Waals surface area (Å²) in [6, 6.07) is 8.14. The smallest absolute Gasteiger partial charge is 0.145 e. The molecule has 2 aromatic heterocycles. The molecular weight excluding hydrogens is 292 g/mol. The number of fused-ring (bicyclic) bond motifs is 1. The van der Waals surface area contributed by atoms with Crippen molar-refractivity contribution >= 4 is 32.7 Å². The molecule has 4 nitrogen and oxygen atoms in total. The molecule has 3 N–H and O–H groups in total. The van der Waals surface area contributed by atoms with Gasteiger partial charge in [0.05, 0.1) is 5.69 Å². The number of anilines is 1. The van der Waals surface area contributed by atoms with E-state index in [0.29, 0.717) is 5.82 Å². The van der Waals surface area contributed by atoms with E-state index in [1.807, 2.05) is 12.1 Å². The average Bonchev–Trinajstić information content (AvgIpc) is 2.85. The van der Waals surface area contributed by atoms with Crippen LogP contribution in [0.25, 0.3) is 22.2 Å². The highest BCUT2D eigenvalue weighted by Gasteiger charge is 2.15. The highest BCUT2D eigenvalue weighted by atomic mass is 79.9. The number of aromatic nitrogens is 3. The third-order valence-electron chi connectivity index (χ3n) is 3.32. The van der Waals surface area contributed by atoms with Crippen molar-refractivity contribution in [1.29, 1.82) is 0 Å². The van der Waals surface area contributed by atoms with Crippen LogP contribution in [0.2, 0.25) is 0 Å². The molecule has 2 heterocycles. The van der Waals surface area contributed by atoms with Gasteiger partial charge in [-0.3, -0.25) is 5.10 Å². The van der Waals surface area contributed by atoms with Gasteiger partial charge in [-0.15, -0.1) is 0 Å². The summed E-state index contributed by atoms with van der Waals surface area (Å²) in [5.41, 5.74) is 10.2. The van der Waals surface area contributed by atoms with Crippen LogP contribution < -0.4 is 5.73 Å². The van der Waals surface area contributed by atoms with Crippen molar-refractivity contribution in [3.05, 3.63) is 34.4 Å². The minimum atomic E-state index is 0.513. The van der Waals surface area contributed by atoms with Gasteiger partial charge in [-0.25, -0.2) is 0 Å². The van der Waals surface area contributed by atoms with Gasteiger partial charge < -0.3 is 10.3 Å². The van der Waals surface area contributed by atoms with Crippen LogP contribution in [-0.2, 0) is 7.05 Å². The van der Waals surface area contributed by atoms with Crippen molar-refractivity contribution in [1.82, 2.24) is 14.8 Å². The molecular formula is C13H13BrN4.